The first kappa shape index (κ1) is 17.2. The normalized spacial score (nSPS) is 18.1. The van der Waals surface area contributed by atoms with E-state index in [-0.39, 0.29) is 0 Å². The van der Waals surface area contributed by atoms with Gasteiger partial charge >= 0.3 is 0 Å². The first-order valence-corrected chi connectivity index (χ1v) is 9.74. The van der Waals surface area contributed by atoms with Gasteiger partial charge in [0.25, 0.3) is 0 Å². The molecule has 0 N–H and O–H groups in total. The molecule has 0 unspecified atom stereocenters. The number of hydrogen-bond donors (Lipinski definition) is 0. The van der Waals surface area contributed by atoms with Crippen molar-refractivity contribution >= 4 is 23.1 Å². The first-order chi connectivity index (χ1) is 13.8. The van der Waals surface area contributed by atoms with Crippen LogP contribution in [0.4, 0.5) is 17.6 Å². The van der Waals surface area contributed by atoms with Crippen molar-refractivity contribution < 1.29 is 4.74 Å². The van der Waals surface area contributed by atoms with Crippen LogP contribution in [0.1, 0.15) is 5.69 Å². The summed E-state index contributed by atoms with van der Waals surface area (Å²) in [5, 5.41) is 4.49. The lowest BCUT2D eigenvalue weighted by atomic mass is 10.3. The minimum absolute atomic E-state index is 0.735. The predicted octanol–water partition coefficient (Wildman–Crippen LogP) is 0.991. The zero-order chi connectivity index (χ0) is 18.9. The number of ether oxygens (including phenoxy) is 1. The second-order valence-corrected chi connectivity index (χ2v) is 7.15. The Morgan fingerprint density at radius 2 is 1.68 bits per heavy atom. The fourth-order valence-corrected chi connectivity index (χ4v) is 3.85. The van der Waals surface area contributed by atoms with Crippen LogP contribution in [0.5, 0.6) is 0 Å². The molecular formula is C19H24N8O. The Morgan fingerprint density at radius 3 is 2.50 bits per heavy atom. The highest BCUT2D eigenvalue weighted by Gasteiger charge is 2.22. The lowest BCUT2D eigenvalue weighted by Crippen LogP contribution is -2.47. The van der Waals surface area contributed by atoms with Gasteiger partial charge in [-0.2, -0.15) is 10.1 Å². The summed E-state index contributed by atoms with van der Waals surface area (Å²) < 4.78 is 7.33. The van der Waals surface area contributed by atoms with E-state index in [0.29, 0.717) is 0 Å². The third-order valence-corrected chi connectivity index (χ3v) is 5.32. The number of anilines is 3. The van der Waals surface area contributed by atoms with Gasteiger partial charge in [-0.05, 0) is 19.1 Å². The highest BCUT2D eigenvalue weighted by Crippen LogP contribution is 2.23. The minimum Gasteiger partial charge on any atom is -0.378 e. The second-order valence-electron chi connectivity index (χ2n) is 7.15. The molecule has 0 spiro atoms. The van der Waals surface area contributed by atoms with Crippen molar-refractivity contribution in [2.24, 2.45) is 0 Å². The van der Waals surface area contributed by atoms with Gasteiger partial charge in [-0.3, -0.25) is 0 Å². The third kappa shape index (κ3) is 3.22. The summed E-state index contributed by atoms with van der Waals surface area (Å²) in [6.07, 6.45) is 5.58. The van der Waals surface area contributed by atoms with Gasteiger partial charge in [0.2, 0.25) is 5.95 Å². The molecule has 2 aliphatic rings. The minimum atomic E-state index is 0.735. The fraction of sp³-hybridized carbons (Fsp3) is 0.474. The summed E-state index contributed by atoms with van der Waals surface area (Å²) in [5.74, 6) is 2.78. The van der Waals surface area contributed by atoms with Crippen LogP contribution in [-0.2, 0) is 4.74 Å². The molecule has 9 heteroatoms. The molecule has 3 aromatic heterocycles. The Labute approximate surface area is 163 Å². The number of aromatic nitrogens is 5. The average Bonchev–Trinajstić information content (AvgIpc) is 3.15. The molecule has 0 bridgehead atoms. The monoisotopic (exact) mass is 380 g/mol. The van der Waals surface area contributed by atoms with Crippen molar-refractivity contribution in [2.45, 2.75) is 6.92 Å². The number of hydrogen-bond acceptors (Lipinski definition) is 8. The van der Waals surface area contributed by atoms with E-state index < -0.39 is 0 Å². The van der Waals surface area contributed by atoms with E-state index in [1.165, 1.54) is 0 Å². The van der Waals surface area contributed by atoms with Gasteiger partial charge in [0.1, 0.15) is 11.3 Å². The van der Waals surface area contributed by atoms with Crippen LogP contribution in [0.2, 0.25) is 0 Å². The molecule has 0 aromatic carbocycles. The lowest BCUT2D eigenvalue weighted by molar-refractivity contribution is 0.122. The molecule has 0 atom stereocenters. The van der Waals surface area contributed by atoms with Crippen molar-refractivity contribution in [1.82, 2.24) is 24.6 Å². The van der Waals surface area contributed by atoms with Crippen molar-refractivity contribution in [3.8, 4) is 0 Å². The summed E-state index contributed by atoms with van der Waals surface area (Å²) in [6, 6.07) is 4.09. The molecule has 3 aromatic rings. The lowest BCUT2D eigenvalue weighted by Gasteiger charge is -2.36. The molecule has 0 saturated carbocycles. The van der Waals surface area contributed by atoms with E-state index in [1.54, 1.807) is 0 Å². The maximum atomic E-state index is 5.43. The zero-order valence-corrected chi connectivity index (χ0v) is 16.0. The first-order valence-electron chi connectivity index (χ1n) is 9.74. The number of fused-ring (bicyclic) bond motifs is 1. The summed E-state index contributed by atoms with van der Waals surface area (Å²) in [7, 11) is 0. The summed E-state index contributed by atoms with van der Waals surface area (Å²) >= 11 is 0. The molecule has 0 radical (unpaired) electrons. The van der Waals surface area contributed by atoms with Crippen molar-refractivity contribution in [3.63, 3.8) is 0 Å². The SMILES string of the molecule is Cc1cc2c(N3CCN(c4ccnc(N5CCOCC5)n4)CC3)nccn2n1. The maximum Gasteiger partial charge on any atom is 0.227 e. The van der Waals surface area contributed by atoms with Gasteiger partial charge in [0.15, 0.2) is 5.82 Å². The number of aryl methyl sites for hydroxylation is 1. The van der Waals surface area contributed by atoms with Crippen LogP contribution in [0.25, 0.3) is 5.52 Å². The van der Waals surface area contributed by atoms with Crippen LogP contribution in [0.3, 0.4) is 0 Å². The van der Waals surface area contributed by atoms with E-state index in [1.807, 2.05) is 36.1 Å². The smallest absolute Gasteiger partial charge is 0.227 e. The molecule has 5 heterocycles. The molecule has 9 nitrogen and oxygen atoms in total. The quantitative estimate of drug-likeness (QED) is 0.666. The van der Waals surface area contributed by atoms with E-state index in [2.05, 4.69) is 35.8 Å². The van der Waals surface area contributed by atoms with Crippen LogP contribution >= 0.6 is 0 Å². The van der Waals surface area contributed by atoms with E-state index in [9.17, 15) is 0 Å². The Morgan fingerprint density at radius 1 is 0.893 bits per heavy atom. The topological polar surface area (TPSA) is 74.9 Å². The Balaban J connectivity index is 1.30. The van der Waals surface area contributed by atoms with Crippen LogP contribution in [-0.4, -0.2) is 77.0 Å². The molecule has 5 rings (SSSR count). The van der Waals surface area contributed by atoms with Gasteiger partial charge in [-0.15, -0.1) is 0 Å². The molecule has 2 aliphatic heterocycles. The highest BCUT2D eigenvalue weighted by atomic mass is 16.5. The second kappa shape index (κ2) is 7.23. The van der Waals surface area contributed by atoms with Crippen molar-refractivity contribution in [2.75, 3.05) is 67.2 Å². The van der Waals surface area contributed by atoms with Crippen molar-refractivity contribution in [1.29, 1.82) is 0 Å². The van der Waals surface area contributed by atoms with Gasteiger partial charge in [-0.1, -0.05) is 0 Å². The fourth-order valence-electron chi connectivity index (χ4n) is 3.85. The molecule has 2 fully saturated rings. The van der Waals surface area contributed by atoms with E-state index in [0.717, 1.165) is 81.3 Å². The largest absolute Gasteiger partial charge is 0.378 e. The summed E-state index contributed by atoms with van der Waals surface area (Å²) in [4.78, 5) is 20.7. The van der Waals surface area contributed by atoms with Crippen LogP contribution in [0, 0.1) is 6.92 Å². The Kier molecular flexibility index (Phi) is 4.44. The van der Waals surface area contributed by atoms with Gasteiger partial charge in [0.05, 0.1) is 18.9 Å². The molecule has 0 amide bonds. The molecule has 2 saturated heterocycles. The molecule has 0 aliphatic carbocycles. The van der Waals surface area contributed by atoms with E-state index >= 15 is 0 Å². The van der Waals surface area contributed by atoms with E-state index in [4.69, 9.17) is 9.72 Å². The van der Waals surface area contributed by atoms with Gasteiger partial charge < -0.3 is 19.4 Å². The third-order valence-electron chi connectivity index (χ3n) is 5.32. The van der Waals surface area contributed by atoms with Crippen LogP contribution in [0.15, 0.2) is 30.7 Å². The number of nitrogens with zero attached hydrogens (tertiary/aromatic N) is 8. The highest BCUT2D eigenvalue weighted by molar-refractivity contribution is 5.69. The predicted molar refractivity (Wildman–Crippen MR) is 107 cm³/mol. The maximum absolute atomic E-state index is 5.43. The summed E-state index contributed by atoms with van der Waals surface area (Å²) in [6.45, 7) is 8.76. The van der Waals surface area contributed by atoms with Gasteiger partial charge in [-0.25, -0.2) is 14.5 Å². The average molecular weight is 380 g/mol. The molecular weight excluding hydrogens is 356 g/mol. The zero-order valence-electron chi connectivity index (χ0n) is 16.0. The molecule has 146 valence electrons. The number of morpholine rings is 1. The van der Waals surface area contributed by atoms with Gasteiger partial charge in [0, 0.05) is 57.9 Å². The number of piperazine rings is 1. The molecule has 28 heavy (non-hydrogen) atoms. The Hall–Kier alpha value is -2.94. The standard InChI is InChI=1S/C19H24N8O/c1-15-14-16-18(20-4-5-27(16)23-15)25-8-6-24(7-9-25)17-2-3-21-19(22-17)26-10-12-28-13-11-26/h2-5,14H,6-13H2,1H3. The van der Waals surface area contributed by atoms with Crippen molar-refractivity contribution in [3.05, 3.63) is 36.4 Å². The summed E-state index contributed by atoms with van der Waals surface area (Å²) in [5.41, 5.74) is 2.06. The number of rotatable bonds is 3. The van der Waals surface area contributed by atoms with Crippen LogP contribution < -0.4 is 14.7 Å². The Bertz CT molecular complexity index is 959.